The molecular weight excluding hydrogens is 296 g/mol. The van der Waals surface area contributed by atoms with E-state index in [1.807, 2.05) is 24.3 Å². The summed E-state index contributed by atoms with van der Waals surface area (Å²) in [5.74, 6) is 0.353. The van der Waals surface area contributed by atoms with Gasteiger partial charge in [-0.05, 0) is 35.4 Å². The van der Waals surface area contributed by atoms with Crippen molar-refractivity contribution in [1.29, 1.82) is 0 Å². The monoisotopic (exact) mass is 312 g/mol. The van der Waals surface area contributed by atoms with Crippen molar-refractivity contribution in [3.8, 4) is 11.5 Å². The Labute approximate surface area is 133 Å². The number of benzene rings is 2. The van der Waals surface area contributed by atoms with E-state index in [-0.39, 0.29) is 24.1 Å². The Hall–Kier alpha value is -2.66. The minimum absolute atomic E-state index is 0.0130. The molecule has 3 rings (SSSR count). The van der Waals surface area contributed by atoms with Gasteiger partial charge in [0, 0.05) is 13.8 Å². The molecule has 0 radical (unpaired) electrons. The molecule has 0 N–H and O–H groups in total. The number of hydrogen-bond donors (Lipinski definition) is 0. The number of ether oxygens (including phenoxy) is 3. The Morgan fingerprint density at radius 3 is 1.39 bits per heavy atom. The first kappa shape index (κ1) is 15.2. The van der Waals surface area contributed by atoms with Crippen LogP contribution in [-0.4, -0.2) is 11.9 Å². The van der Waals surface area contributed by atoms with Crippen LogP contribution in [0.3, 0.4) is 0 Å². The molecule has 0 aromatic heterocycles. The van der Waals surface area contributed by atoms with E-state index < -0.39 is 0 Å². The first-order valence-corrected chi connectivity index (χ1v) is 7.25. The van der Waals surface area contributed by atoms with Crippen molar-refractivity contribution in [2.75, 3.05) is 0 Å². The highest BCUT2D eigenvalue weighted by Gasteiger charge is 2.41. The van der Waals surface area contributed by atoms with E-state index in [2.05, 4.69) is 0 Å². The van der Waals surface area contributed by atoms with Crippen LogP contribution >= 0.6 is 0 Å². The van der Waals surface area contributed by atoms with E-state index in [9.17, 15) is 9.59 Å². The van der Waals surface area contributed by atoms with Crippen molar-refractivity contribution >= 4 is 11.9 Å². The lowest BCUT2D eigenvalue weighted by atomic mass is 10.0. The van der Waals surface area contributed by atoms with Gasteiger partial charge in [-0.15, -0.1) is 0 Å². The van der Waals surface area contributed by atoms with Crippen LogP contribution < -0.4 is 9.47 Å². The number of rotatable bonds is 4. The number of hydrogen-bond acceptors (Lipinski definition) is 5. The smallest absolute Gasteiger partial charge is 0.308 e. The van der Waals surface area contributed by atoms with Gasteiger partial charge in [-0.25, -0.2) is 0 Å². The summed E-state index contributed by atoms with van der Waals surface area (Å²) in [7, 11) is 0. The summed E-state index contributed by atoms with van der Waals surface area (Å²) in [6.07, 6.45) is -0.0260. The molecule has 0 spiro atoms. The maximum atomic E-state index is 10.9. The average Bonchev–Trinajstić information content (AvgIpc) is 3.28. The van der Waals surface area contributed by atoms with Gasteiger partial charge in [0.2, 0.25) is 0 Å². The van der Waals surface area contributed by atoms with Crippen molar-refractivity contribution in [3.05, 3.63) is 59.7 Å². The fraction of sp³-hybridized carbons (Fsp3) is 0.222. The standard InChI is InChI=1S/C18H16O5/c1-11(19)21-15-7-3-13(4-8-15)17-18(23-17)14-5-9-16(10-6-14)22-12(2)20/h3-10,17-18H,1-2H3/t17-,18-/m1/s1. The van der Waals surface area contributed by atoms with Crippen molar-refractivity contribution < 1.29 is 23.8 Å². The molecule has 1 heterocycles. The molecule has 23 heavy (non-hydrogen) atoms. The zero-order valence-electron chi connectivity index (χ0n) is 12.8. The molecule has 118 valence electrons. The third-order valence-electron chi connectivity index (χ3n) is 3.43. The minimum Gasteiger partial charge on any atom is -0.427 e. The molecule has 2 aromatic carbocycles. The molecule has 2 atom stereocenters. The summed E-state index contributed by atoms with van der Waals surface area (Å²) >= 11 is 0. The second kappa shape index (κ2) is 6.22. The van der Waals surface area contributed by atoms with Crippen LogP contribution in [0.25, 0.3) is 0 Å². The van der Waals surface area contributed by atoms with E-state index in [1.54, 1.807) is 24.3 Å². The Bertz CT molecular complexity index is 655. The fourth-order valence-corrected chi connectivity index (χ4v) is 2.40. The third kappa shape index (κ3) is 3.76. The Kier molecular flexibility index (Phi) is 4.12. The zero-order chi connectivity index (χ0) is 16.4. The first-order valence-electron chi connectivity index (χ1n) is 7.25. The van der Waals surface area contributed by atoms with Crippen LogP contribution in [0.5, 0.6) is 11.5 Å². The normalized spacial score (nSPS) is 19.0. The van der Waals surface area contributed by atoms with Gasteiger partial charge in [0.1, 0.15) is 23.7 Å². The topological polar surface area (TPSA) is 65.1 Å². The number of epoxide rings is 1. The molecule has 1 aliphatic heterocycles. The molecule has 1 saturated heterocycles. The van der Waals surface area contributed by atoms with Gasteiger partial charge in [0.15, 0.2) is 0 Å². The summed E-state index contributed by atoms with van der Waals surface area (Å²) in [5.41, 5.74) is 2.05. The van der Waals surface area contributed by atoms with Crippen LogP contribution in [0.4, 0.5) is 0 Å². The summed E-state index contributed by atoms with van der Waals surface area (Å²) < 4.78 is 15.7. The molecule has 0 amide bonds. The second-order valence-corrected chi connectivity index (χ2v) is 5.30. The highest BCUT2D eigenvalue weighted by Crippen LogP contribution is 2.51. The predicted octanol–water partition coefficient (Wildman–Crippen LogP) is 3.35. The van der Waals surface area contributed by atoms with E-state index in [0.717, 1.165) is 11.1 Å². The van der Waals surface area contributed by atoms with Gasteiger partial charge in [-0.2, -0.15) is 0 Å². The Morgan fingerprint density at radius 1 is 0.739 bits per heavy atom. The van der Waals surface area contributed by atoms with E-state index in [0.29, 0.717) is 11.5 Å². The molecular formula is C18H16O5. The van der Waals surface area contributed by atoms with Crippen LogP contribution in [0.1, 0.15) is 37.2 Å². The van der Waals surface area contributed by atoms with Crippen molar-refractivity contribution in [3.63, 3.8) is 0 Å². The minimum atomic E-state index is -0.342. The third-order valence-corrected chi connectivity index (χ3v) is 3.43. The molecule has 2 aromatic rings. The molecule has 0 unspecified atom stereocenters. The Morgan fingerprint density at radius 2 is 1.09 bits per heavy atom. The SMILES string of the molecule is CC(=O)Oc1ccc([C@H]2O[C@@H]2c2ccc(OC(C)=O)cc2)cc1. The van der Waals surface area contributed by atoms with Gasteiger partial charge in [0.05, 0.1) is 0 Å². The van der Waals surface area contributed by atoms with Gasteiger partial charge in [-0.1, -0.05) is 24.3 Å². The molecule has 0 aliphatic carbocycles. The van der Waals surface area contributed by atoms with Crippen LogP contribution in [0.15, 0.2) is 48.5 Å². The van der Waals surface area contributed by atoms with Gasteiger partial charge in [-0.3, -0.25) is 9.59 Å². The lowest BCUT2D eigenvalue weighted by Gasteiger charge is -2.03. The molecule has 5 nitrogen and oxygen atoms in total. The van der Waals surface area contributed by atoms with Gasteiger partial charge >= 0.3 is 11.9 Å². The predicted molar refractivity (Wildman–Crippen MR) is 82.1 cm³/mol. The van der Waals surface area contributed by atoms with Crippen molar-refractivity contribution in [2.45, 2.75) is 26.1 Å². The maximum absolute atomic E-state index is 10.9. The largest absolute Gasteiger partial charge is 0.427 e. The number of carbonyl (C=O) groups is 2. The highest BCUT2D eigenvalue weighted by atomic mass is 16.6. The second-order valence-electron chi connectivity index (χ2n) is 5.30. The zero-order valence-corrected chi connectivity index (χ0v) is 12.8. The summed E-state index contributed by atoms with van der Waals surface area (Å²) in [4.78, 5) is 21.8. The number of carbonyl (C=O) groups excluding carboxylic acids is 2. The van der Waals surface area contributed by atoms with Crippen molar-refractivity contribution in [2.24, 2.45) is 0 Å². The molecule has 1 aliphatic rings. The van der Waals surface area contributed by atoms with Crippen LogP contribution in [0.2, 0.25) is 0 Å². The Balaban J connectivity index is 1.64. The highest BCUT2D eigenvalue weighted by molar-refractivity contribution is 5.69. The van der Waals surface area contributed by atoms with Gasteiger partial charge in [0.25, 0.3) is 0 Å². The summed E-state index contributed by atoms with van der Waals surface area (Å²) in [6.45, 7) is 2.74. The van der Waals surface area contributed by atoms with E-state index in [4.69, 9.17) is 14.2 Å². The lowest BCUT2D eigenvalue weighted by Crippen LogP contribution is -2.01. The lowest BCUT2D eigenvalue weighted by molar-refractivity contribution is -0.132. The maximum Gasteiger partial charge on any atom is 0.308 e. The van der Waals surface area contributed by atoms with E-state index in [1.165, 1.54) is 13.8 Å². The van der Waals surface area contributed by atoms with Gasteiger partial charge < -0.3 is 14.2 Å². The van der Waals surface area contributed by atoms with Crippen molar-refractivity contribution in [1.82, 2.24) is 0 Å². The van der Waals surface area contributed by atoms with Crippen LogP contribution in [-0.2, 0) is 14.3 Å². The summed E-state index contributed by atoms with van der Waals surface area (Å²) in [5, 5.41) is 0. The molecule has 0 bridgehead atoms. The number of esters is 2. The quantitative estimate of drug-likeness (QED) is 0.492. The average molecular weight is 312 g/mol. The summed E-state index contributed by atoms with van der Waals surface area (Å²) in [6, 6.07) is 14.5. The fourth-order valence-electron chi connectivity index (χ4n) is 2.40. The molecule has 5 heteroatoms. The molecule has 0 saturated carbocycles. The van der Waals surface area contributed by atoms with Crippen LogP contribution in [0, 0.1) is 0 Å². The molecule has 1 fully saturated rings. The van der Waals surface area contributed by atoms with E-state index >= 15 is 0 Å². The first-order chi connectivity index (χ1) is 11.0.